The van der Waals surface area contributed by atoms with E-state index in [0.29, 0.717) is 25.6 Å². The van der Waals surface area contributed by atoms with Crippen molar-refractivity contribution in [2.75, 3.05) is 40.0 Å². The van der Waals surface area contributed by atoms with Gasteiger partial charge in [-0.1, -0.05) is 0 Å². The van der Waals surface area contributed by atoms with Gasteiger partial charge < -0.3 is 15.4 Å². The summed E-state index contributed by atoms with van der Waals surface area (Å²) in [5.74, 6) is 0.607. The average Bonchev–Trinajstić information content (AvgIpc) is 2.27. The van der Waals surface area contributed by atoms with Gasteiger partial charge in [-0.2, -0.15) is 0 Å². The van der Waals surface area contributed by atoms with E-state index in [-0.39, 0.29) is 5.60 Å². The molecule has 0 amide bonds. The molecule has 0 fully saturated rings. The van der Waals surface area contributed by atoms with Gasteiger partial charge in [0, 0.05) is 33.8 Å². The van der Waals surface area contributed by atoms with E-state index in [1.165, 1.54) is 0 Å². The molecule has 0 bridgehead atoms. The lowest BCUT2D eigenvalue weighted by Crippen LogP contribution is -2.46. The minimum absolute atomic E-state index is 0.289. The molecule has 18 heavy (non-hydrogen) atoms. The normalized spacial score (nSPS) is 13.5. The Hall–Kier alpha value is -0.860. The van der Waals surface area contributed by atoms with Crippen molar-refractivity contribution in [1.82, 2.24) is 15.4 Å². The molecule has 0 aromatic rings. The van der Waals surface area contributed by atoms with Gasteiger partial charge in [0.2, 0.25) is 10.0 Å². The molecule has 0 aliphatic carbocycles. The van der Waals surface area contributed by atoms with Gasteiger partial charge in [0.15, 0.2) is 5.96 Å². The maximum atomic E-state index is 10.8. The maximum Gasteiger partial charge on any atom is 0.208 e. The summed E-state index contributed by atoms with van der Waals surface area (Å²) in [6.45, 7) is 5.28. The third-order valence-electron chi connectivity index (χ3n) is 2.24. The van der Waals surface area contributed by atoms with E-state index in [2.05, 4.69) is 20.3 Å². The topological polar surface area (TPSA) is 91.8 Å². The fraction of sp³-hybridized carbons (Fsp3) is 0.900. The van der Waals surface area contributed by atoms with Crippen LogP contribution >= 0.6 is 0 Å². The number of hydrogen-bond acceptors (Lipinski definition) is 4. The van der Waals surface area contributed by atoms with Crippen molar-refractivity contribution in [2.24, 2.45) is 4.99 Å². The van der Waals surface area contributed by atoms with Crippen molar-refractivity contribution >= 4 is 16.0 Å². The van der Waals surface area contributed by atoms with Crippen LogP contribution in [0.2, 0.25) is 0 Å². The van der Waals surface area contributed by atoms with E-state index < -0.39 is 10.0 Å². The molecule has 0 aromatic heterocycles. The summed E-state index contributed by atoms with van der Waals surface area (Å²) >= 11 is 0. The Morgan fingerprint density at radius 2 is 1.89 bits per heavy atom. The van der Waals surface area contributed by atoms with Gasteiger partial charge in [0.25, 0.3) is 0 Å². The van der Waals surface area contributed by atoms with Crippen LogP contribution in [0.3, 0.4) is 0 Å². The number of hydrogen-bond donors (Lipinski definition) is 3. The highest BCUT2D eigenvalue weighted by Gasteiger charge is 2.16. The van der Waals surface area contributed by atoms with Crippen LogP contribution in [0.25, 0.3) is 0 Å². The molecule has 0 heterocycles. The number of sulfonamides is 1. The summed E-state index contributed by atoms with van der Waals surface area (Å²) in [5, 5.41) is 6.09. The highest BCUT2D eigenvalue weighted by molar-refractivity contribution is 7.88. The van der Waals surface area contributed by atoms with E-state index >= 15 is 0 Å². The highest BCUT2D eigenvalue weighted by Crippen LogP contribution is 2.04. The number of ether oxygens (including phenoxy) is 1. The first-order chi connectivity index (χ1) is 8.20. The van der Waals surface area contributed by atoms with Gasteiger partial charge in [-0.25, -0.2) is 13.1 Å². The molecule has 0 atom stereocenters. The summed E-state index contributed by atoms with van der Waals surface area (Å²) in [7, 11) is 0.160. The van der Waals surface area contributed by atoms with Crippen molar-refractivity contribution < 1.29 is 13.2 Å². The Labute approximate surface area is 109 Å². The zero-order valence-electron chi connectivity index (χ0n) is 11.7. The molecular formula is C10H24N4O3S. The van der Waals surface area contributed by atoms with Gasteiger partial charge in [0.1, 0.15) is 0 Å². The number of nitrogens with one attached hydrogen (secondary N) is 3. The third kappa shape index (κ3) is 9.20. The summed E-state index contributed by atoms with van der Waals surface area (Å²) in [6.07, 6.45) is 1.13. The number of nitrogens with zero attached hydrogens (tertiary/aromatic N) is 1. The lowest BCUT2D eigenvalue weighted by molar-refractivity contribution is 0.0268. The van der Waals surface area contributed by atoms with Gasteiger partial charge in [-0.3, -0.25) is 4.99 Å². The Kier molecular flexibility index (Phi) is 7.19. The van der Waals surface area contributed by atoms with E-state index in [4.69, 9.17) is 4.74 Å². The second-order valence-electron chi connectivity index (χ2n) is 4.48. The zero-order valence-corrected chi connectivity index (χ0v) is 12.5. The molecule has 0 aromatic carbocycles. The standard InChI is InChI=1S/C10H24N4O3S/c1-10(2,17-4)8-13-9(11-3)12-6-7-14-18(5,15)16/h14H,6-8H2,1-5H3,(H2,11,12,13). The number of guanidine groups is 1. The lowest BCUT2D eigenvalue weighted by Gasteiger charge is -2.24. The number of aliphatic imine (C=N–C) groups is 1. The molecule has 0 unspecified atom stereocenters. The Bertz CT molecular complexity index is 365. The quantitative estimate of drug-likeness (QED) is 0.320. The molecule has 0 radical (unpaired) electrons. The van der Waals surface area contributed by atoms with E-state index in [0.717, 1.165) is 6.26 Å². The van der Waals surface area contributed by atoms with E-state index in [9.17, 15) is 8.42 Å². The van der Waals surface area contributed by atoms with Crippen LogP contribution in [-0.2, 0) is 14.8 Å². The highest BCUT2D eigenvalue weighted by atomic mass is 32.2. The molecule has 108 valence electrons. The van der Waals surface area contributed by atoms with Crippen molar-refractivity contribution in [1.29, 1.82) is 0 Å². The van der Waals surface area contributed by atoms with Crippen molar-refractivity contribution in [3.05, 3.63) is 0 Å². The van der Waals surface area contributed by atoms with Crippen LogP contribution in [0.5, 0.6) is 0 Å². The first kappa shape index (κ1) is 17.1. The first-order valence-electron chi connectivity index (χ1n) is 5.64. The van der Waals surface area contributed by atoms with Crippen LogP contribution in [0.15, 0.2) is 4.99 Å². The fourth-order valence-corrected chi connectivity index (χ4v) is 1.48. The van der Waals surface area contributed by atoms with Crippen molar-refractivity contribution in [3.63, 3.8) is 0 Å². The van der Waals surface area contributed by atoms with Gasteiger partial charge in [0.05, 0.1) is 11.9 Å². The van der Waals surface area contributed by atoms with Crippen molar-refractivity contribution in [2.45, 2.75) is 19.4 Å². The SMILES string of the molecule is CN=C(NCCNS(C)(=O)=O)NCC(C)(C)OC. The van der Waals surface area contributed by atoms with Crippen LogP contribution in [-0.4, -0.2) is 60.0 Å². The minimum atomic E-state index is -3.14. The van der Waals surface area contributed by atoms with Crippen molar-refractivity contribution in [3.8, 4) is 0 Å². The molecule has 0 saturated heterocycles. The predicted octanol–water partition coefficient (Wildman–Crippen LogP) is -0.874. The summed E-state index contributed by atoms with van der Waals surface area (Å²) < 4.78 is 29.3. The first-order valence-corrected chi connectivity index (χ1v) is 7.53. The van der Waals surface area contributed by atoms with Gasteiger partial charge in [-0.15, -0.1) is 0 Å². The molecule has 8 heteroatoms. The Morgan fingerprint density at radius 3 is 2.33 bits per heavy atom. The maximum absolute atomic E-state index is 10.8. The van der Waals surface area contributed by atoms with Gasteiger partial charge >= 0.3 is 0 Å². The minimum Gasteiger partial charge on any atom is -0.377 e. The van der Waals surface area contributed by atoms with Crippen LogP contribution in [0.1, 0.15) is 13.8 Å². The van der Waals surface area contributed by atoms with E-state index in [1.807, 2.05) is 13.8 Å². The lowest BCUT2D eigenvalue weighted by atomic mass is 10.1. The van der Waals surface area contributed by atoms with Gasteiger partial charge in [-0.05, 0) is 13.8 Å². The molecule has 3 N–H and O–H groups in total. The molecular weight excluding hydrogens is 256 g/mol. The summed E-state index contributed by atoms with van der Waals surface area (Å²) in [4.78, 5) is 4.02. The summed E-state index contributed by atoms with van der Waals surface area (Å²) in [5.41, 5.74) is -0.289. The zero-order chi connectivity index (χ0) is 14.2. The Balaban J connectivity index is 3.93. The Morgan fingerprint density at radius 1 is 1.28 bits per heavy atom. The largest absolute Gasteiger partial charge is 0.377 e. The second-order valence-corrected chi connectivity index (χ2v) is 6.32. The summed E-state index contributed by atoms with van der Waals surface area (Å²) in [6, 6.07) is 0. The second kappa shape index (κ2) is 7.55. The predicted molar refractivity (Wildman–Crippen MR) is 73.3 cm³/mol. The molecule has 7 nitrogen and oxygen atoms in total. The van der Waals surface area contributed by atoms with E-state index in [1.54, 1.807) is 14.2 Å². The number of methoxy groups -OCH3 is 1. The van der Waals surface area contributed by atoms with Crippen LogP contribution in [0.4, 0.5) is 0 Å². The smallest absolute Gasteiger partial charge is 0.208 e. The fourth-order valence-electron chi connectivity index (χ4n) is 1.01. The molecule has 0 aliphatic heterocycles. The molecule has 0 aliphatic rings. The van der Waals surface area contributed by atoms with Crippen LogP contribution in [0, 0.1) is 0 Å². The third-order valence-corrected chi connectivity index (χ3v) is 2.97. The van der Waals surface area contributed by atoms with Crippen LogP contribution < -0.4 is 15.4 Å². The monoisotopic (exact) mass is 280 g/mol. The molecule has 0 rings (SSSR count). The number of rotatable bonds is 7. The molecule has 0 saturated carbocycles. The molecule has 0 spiro atoms. The average molecular weight is 280 g/mol.